The number of aryl methyl sites for hydroxylation is 1. The molecule has 2 aliphatic heterocycles. The first-order valence-corrected chi connectivity index (χ1v) is 14.7. The number of hydrogen-bond acceptors (Lipinski definition) is 7. The van der Waals surface area contributed by atoms with Crippen LogP contribution in [0.15, 0.2) is 44.4 Å². The molecule has 5 rings (SSSR count). The van der Waals surface area contributed by atoms with Crippen molar-refractivity contribution in [3.8, 4) is 0 Å². The van der Waals surface area contributed by atoms with E-state index in [4.69, 9.17) is 16.0 Å². The molecule has 15 heteroatoms. The molecule has 2 aromatic carbocycles. The van der Waals surface area contributed by atoms with E-state index in [1.807, 2.05) is 0 Å². The van der Waals surface area contributed by atoms with E-state index in [1.165, 1.54) is 29.2 Å². The number of fused-ring (bicyclic) bond motifs is 1. The Balaban J connectivity index is 1.63. The normalized spacial score (nSPS) is 21.2. The number of aromatic nitrogens is 2. The van der Waals surface area contributed by atoms with Gasteiger partial charge in [-0.05, 0) is 61.2 Å². The molecule has 0 aliphatic carbocycles. The summed E-state index contributed by atoms with van der Waals surface area (Å²) in [5.41, 5.74) is 1.84. The Morgan fingerprint density at radius 1 is 1.22 bits per heavy atom. The van der Waals surface area contributed by atoms with Gasteiger partial charge in [0.05, 0.1) is 18.9 Å². The lowest BCUT2D eigenvalue weighted by Crippen LogP contribution is -2.53. The summed E-state index contributed by atoms with van der Waals surface area (Å²) in [5.74, 6) is -2.65. The molecule has 3 atom stereocenters. The van der Waals surface area contributed by atoms with Crippen molar-refractivity contribution in [2.24, 2.45) is 0 Å². The van der Waals surface area contributed by atoms with E-state index in [-0.39, 0.29) is 46.8 Å². The lowest BCUT2D eigenvalue weighted by atomic mass is 9.87. The number of alkyl halides is 3. The van der Waals surface area contributed by atoms with Crippen molar-refractivity contribution in [2.45, 2.75) is 56.3 Å². The van der Waals surface area contributed by atoms with Crippen LogP contribution in [0.4, 0.5) is 23.2 Å². The first-order chi connectivity index (χ1) is 19.2. The van der Waals surface area contributed by atoms with Crippen molar-refractivity contribution in [2.75, 3.05) is 31.2 Å². The molecule has 1 saturated heterocycles. The van der Waals surface area contributed by atoms with Crippen LogP contribution in [0.2, 0.25) is 5.02 Å². The number of benzene rings is 2. The van der Waals surface area contributed by atoms with Gasteiger partial charge in [-0.15, -0.1) is 5.10 Å². The lowest BCUT2D eigenvalue weighted by molar-refractivity contribution is -0.143. The first kappa shape index (κ1) is 29.5. The summed E-state index contributed by atoms with van der Waals surface area (Å²) in [4.78, 5) is 14.8. The van der Waals surface area contributed by atoms with E-state index in [0.29, 0.717) is 12.0 Å². The molecule has 3 heterocycles. The standard InChI is InChI=1S/C26H28ClF4N5O4S/c1-14-4-6-19(28)22(15(14)2)16(3)23(24-32-33-25(37)40-24)36-13-35(18-8-9-34(11-18)12-26(29,30)31)20-10-17(27)5-7-21(20)41(36,38)39/h4-7,10,16,18,23H,8-9,11-13H2,1-3H3,(H,33,37)/t16-,18-,23-/m0/s1. The van der Waals surface area contributed by atoms with Gasteiger partial charge in [-0.3, -0.25) is 4.90 Å². The van der Waals surface area contributed by atoms with Crippen LogP contribution in [0.5, 0.6) is 0 Å². The molecule has 41 heavy (non-hydrogen) atoms. The van der Waals surface area contributed by atoms with Crippen LogP contribution in [0.3, 0.4) is 0 Å². The topological polar surface area (TPSA) is 103 Å². The molecule has 0 amide bonds. The van der Waals surface area contributed by atoms with E-state index < -0.39 is 52.3 Å². The molecule has 3 aromatic rings. The van der Waals surface area contributed by atoms with Crippen LogP contribution in [-0.2, 0) is 10.0 Å². The third-order valence-corrected chi connectivity index (χ3v) is 9.98. The van der Waals surface area contributed by atoms with Crippen LogP contribution < -0.4 is 10.7 Å². The fourth-order valence-corrected chi connectivity index (χ4v) is 7.80. The van der Waals surface area contributed by atoms with Crippen molar-refractivity contribution in [1.82, 2.24) is 19.4 Å². The average molecular weight is 618 g/mol. The minimum Gasteiger partial charge on any atom is -0.391 e. The second kappa shape index (κ2) is 10.7. The van der Waals surface area contributed by atoms with Gasteiger partial charge in [0.25, 0.3) is 0 Å². The number of halogens is 5. The van der Waals surface area contributed by atoms with Gasteiger partial charge >= 0.3 is 11.9 Å². The third kappa shape index (κ3) is 5.62. The Morgan fingerprint density at radius 3 is 2.61 bits per heavy atom. The molecule has 0 bridgehead atoms. The summed E-state index contributed by atoms with van der Waals surface area (Å²) in [6.07, 6.45) is -4.06. The Bertz CT molecular complexity index is 1630. The second-order valence-electron chi connectivity index (χ2n) is 10.5. The number of aromatic amines is 1. The highest BCUT2D eigenvalue weighted by Gasteiger charge is 2.47. The molecule has 0 spiro atoms. The molecule has 0 radical (unpaired) electrons. The predicted molar refractivity (Wildman–Crippen MR) is 143 cm³/mol. The highest BCUT2D eigenvalue weighted by Crippen LogP contribution is 2.46. The summed E-state index contributed by atoms with van der Waals surface area (Å²) in [6.45, 7) is 3.89. The molecule has 1 aromatic heterocycles. The average Bonchev–Trinajstić information content (AvgIpc) is 3.51. The lowest BCUT2D eigenvalue weighted by Gasteiger charge is -2.44. The number of sulfonamides is 1. The summed E-state index contributed by atoms with van der Waals surface area (Å²) < 4.78 is 89.4. The first-order valence-electron chi connectivity index (χ1n) is 12.9. The molecule has 0 unspecified atom stereocenters. The number of nitrogens with one attached hydrogen (secondary N) is 1. The maximum Gasteiger partial charge on any atom is 0.434 e. The van der Waals surface area contributed by atoms with Crippen LogP contribution in [-0.4, -0.2) is 66.3 Å². The van der Waals surface area contributed by atoms with Crippen LogP contribution in [0.1, 0.15) is 47.9 Å². The highest BCUT2D eigenvalue weighted by molar-refractivity contribution is 7.89. The smallest absolute Gasteiger partial charge is 0.391 e. The summed E-state index contributed by atoms with van der Waals surface area (Å²) in [7, 11) is -4.33. The van der Waals surface area contributed by atoms with Gasteiger partial charge in [-0.1, -0.05) is 24.6 Å². The molecular weight excluding hydrogens is 590 g/mol. The minimum absolute atomic E-state index is 0.0304. The number of likely N-dealkylation sites (tertiary alicyclic amines) is 1. The van der Waals surface area contributed by atoms with Crippen molar-refractivity contribution in [3.05, 3.63) is 74.3 Å². The van der Waals surface area contributed by atoms with Gasteiger partial charge in [-0.25, -0.2) is 22.7 Å². The van der Waals surface area contributed by atoms with Gasteiger partial charge in [0.1, 0.15) is 16.8 Å². The van der Waals surface area contributed by atoms with Crippen LogP contribution in [0.25, 0.3) is 0 Å². The number of nitrogens with zero attached hydrogens (tertiary/aromatic N) is 4. The Morgan fingerprint density at radius 2 is 1.95 bits per heavy atom. The third-order valence-electron chi connectivity index (χ3n) is 7.88. The van der Waals surface area contributed by atoms with Crippen molar-refractivity contribution < 1.29 is 30.4 Å². The van der Waals surface area contributed by atoms with E-state index >= 15 is 4.39 Å². The van der Waals surface area contributed by atoms with E-state index in [0.717, 1.165) is 9.87 Å². The number of rotatable bonds is 6. The van der Waals surface area contributed by atoms with Crippen LogP contribution >= 0.6 is 11.6 Å². The maximum atomic E-state index is 15.3. The van der Waals surface area contributed by atoms with Gasteiger partial charge in [0.15, 0.2) is 0 Å². The maximum absolute atomic E-state index is 15.3. The monoisotopic (exact) mass is 617 g/mol. The second-order valence-corrected chi connectivity index (χ2v) is 12.8. The molecule has 0 saturated carbocycles. The minimum atomic E-state index is -4.39. The fourth-order valence-electron chi connectivity index (χ4n) is 5.85. The zero-order valence-corrected chi connectivity index (χ0v) is 23.9. The molecule has 222 valence electrons. The SMILES string of the molecule is Cc1ccc(F)c([C@H](C)[C@@H](c2n[nH]c(=O)o2)N2CN([C@H]3CCN(CC(F)(F)F)C3)c3cc(Cl)ccc3S2(=O)=O)c1C. The fraction of sp³-hybridized carbons (Fsp3) is 0.462. The largest absolute Gasteiger partial charge is 0.434 e. The van der Waals surface area contributed by atoms with Gasteiger partial charge in [0.2, 0.25) is 15.9 Å². The molecule has 2 aliphatic rings. The molecule has 1 N–H and O–H groups in total. The number of hydrogen-bond donors (Lipinski definition) is 1. The van der Waals surface area contributed by atoms with E-state index in [2.05, 4.69) is 10.2 Å². The number of anilines is 1. The van der Waals surface area contributed by atoms with E-state index in [9.17, 15) is 26.4 Å². The van der Waals surface area contributed by atoms with Crippen molar-refractivity contribution in [1.29, 1.82) is 0 Å². The zero-order valence-electron chi connectivity index (χ0n) is 22.4. The van der Waals surface area contributed by atoms with Crippen molar-refractivity contribution in [3.63, 3.8) is 0 Å². The Labute approximate surface area is 238 Å². The highest BCUT2D eigenvalue weighted by atomic mass is 35.5. The molecule has 1 fully saturated rings. The van der Waals surface area contributed by atoms with Gasteiger partial charge < -0.3 is 9.32 Å². The Kier molecular flexibility index (Phi) is 7.72. The Hall–Kier alpha value is -2.94. The summed E-state index contributed by atoms with van der Waals surface area (Å²) in [5, 5.41) is 6.33. The quantitative estimate of drug-likeness (QED) is 0.399. The number of H-pyrrole nitrogens is 1. The molecule has 9 nitrogen and oxygen atoms in total. The van der Waals surface area contributed by atoms with Gasteiger partial charge in [0, 0.05) is 30.1 Å². The summed E-state index contributed by atoms with van der Waals surface area (Å²) >= 11 is 6.24. The summed E-state index contributed by atoms with van der Waals surface area (Å²) in [6, 6.07) is 5.32. The van der Waals surface area contributed by atoms with E-state index in [1.54, 1.807) is 31.7 Å². The van der Waals surface area contributed by atoms with Gasteiger partial charge in [-0.2, -0.15) is 17.5 Å². The molecular formula is C26H28ClF4N5O4S. The van der Waals surface area contributed by atoms with Crippen molar-refractivity contribution >= 4 is 27.3 Å². The van der Waals surface area contributed by atoms with Crippen LogP contribution in [0, 0.1) is 19.7 Å². The predicted octanol–water partition coefficient (Wildman–Crippen LogP) is 4.72. The zero-order chi connectivity index (χ0) is 29.9.